The summed E-state index contributed by atoms with van der Waals surface area (Å²) in [5, 5.41) is 0. The number of benzene rings is 1. The first-order chi connectivity index (χ1) is 7.86. The smallest absolute Gasteiger partial charge is 0.195 e. The van der Waals surface area contributed by atoms with Gasteiger partial charge in [-0.05, 0) is 23.5 Å². The fourth-order valence-corrected chi connectivity index (χ4v) is 1.64. The maximum atomic E-state index is 5.72. The summed E-state index contributed by atoms with van der Waals surface area (Å²) in [4.78, 5) is 4.49. The predicted octanol–water partition coefficient (Wildman–Crippen LogP) is 3.63. The van der Waals surface area contributed by atoms with Gasteiger partial charge in [-0.3, -0.25) is 0 Å². The number of rotatable bonds is 2. The van der Waals surface area contributed by atoms with Crippen LogP contribution in [0.25, 0.3) is 11.1 Å². The number of aromatic nitrogens is 1. The van der Waals surface area contributed by atoms with Crippen LogP contribution in [0, 0.1) is 11.3 Å². The first-order valence-electron chi connectivity index (χ1n) is 6.01. The van der Waals surface area contributed by atoms with E-state index < -0.39 is 0 Å². The number of hydrogen-bond donors (Lipinski definition) is 1. The minimum absolute atomic E-state index is 0.264. The summed E-state index contributed by atoms with van der Waals surface area (Å²) >= 11 is 0. The molecule has 3 nitrogen and oxygen atoms in total. The van der Waals surface area contributed by atoms with Crippen molar-refractivity contribution in [2.45, 2.75) is 34.1 Å². The fraction of sp³-hybridized carbons (Fsp3) is 0.500. The van der Waals surface area contributed by atoms with Crippen LogP contribution in [-0.2, 0) is 6.42 Å². The Balaban J connectivity index is 2.25. The van der Waals surface area contributed by atoms with Crippen molar-refractivity contribution in [1.29, 1.82) is 0 Å². The Labute approximate surface area is 102 Å². The molecule has 0 aliphatic carbocycles. The summed E-state index contributed by atoms with van der Waals surface area (Å²) in [6.45, 7) is 8.93. The van der Waals surface area contributed by atoms with Crippen LogP contribution >= 0.6 is 0 Å². The second-order valence-corrected chi connectivity index (χ2v) is 5.81. The van der Waals surface area contributed by atoms with Gasteiger partial charge in [0.15, 0.2) is 11.5 Å². The van der Waals surface area contributed by atoms with E-state index in [4.69, 9.17) is 10.2 Å². The molecule has 0 amide bonds. The highest BCUT2D eigenvalue weighted by molar-refractivity contribution is 5.76. The van der Waals surface area contributed by atoms with E-state index in [2.05, 4.69) is 32.7 Å². The Morgan fingerprint density at radius 1 is 1.35 bits per heavy atom. The average molecular weight is 232 g/mol. The van der Waals surface area contributed by atoms with Crippen LogP contribution in [0.5, 0.6) is 0 Å². The van der Waals surface area contributed by atoms with Crippen molar-refractivity contribution < 1.29 is 4.42 Å². The molecule has 1 heterocycles. The summed E-state index contributed by atoms with van der Waals surface area (Å²) in [6, 6.07) is 5.58. The van der Waals surface area contributed by atoms with Gasteiger partial charge in [-0.15, -0.1) is 0 Å². The first-order valence-corrected chi connectivity index (χ1v) is 6.01. The third-order valence-electron chi connectivity index (χ3n) is 3.42. The van der Waals surface area contributed by atoms with Crippen LogP contribution in [0.1, 0.15) is 33.6 Å². The average Bonchev–Trinajstić information content (AvgIpc) is 2.57. The van der Waals surface area contributed by atoms with E-state index in [1.165, 1.54) is 0 Å². The third-order valence-corrected chi connectivity index (χ3v) is 3.42. The number of nitrogen functional groups attached to an aromatic ring is 1. The van der Waals surface area contributed by atoms with Crippen molar-refractivity contribution in [1.82, 2.24) is 4.98 Å². The molecule has 1 aromatic carbocycles. The zero-order valence-corrected chi connectivity index (χ0v) is 10.9. The molecule has 0 bridgehead atoms. The van der Waals surface area contributed by atoms with Gasteiger partial charge in [-0.25, -0.2) is 4.98 Å². The minimum Gasteiger partial charge on any atom is -0.441 e. The molecular weight excluding hydrogens is 212 g/mol. The van der Waals surface area contributed by atoms with Gasteiger partial charge in [-0.2, -0.15) is 0 Å². The molecule has 1 unspecified atom stereocenters. The maximum Gasteiger partial charge on any atom is 0.195 e. The van der Waals surface area contributed by atoms with Crippen molar-refractivity contribution in [3.05, 3.63) is 24.1 Å². The molecule has 0 aliphatic rings. The summed E-state index contributed by atoms with van der Waals surface area (Å²) in [6.07, 6.45) is 0.859. The van der Waals surface area contributed by atoms with Gasteiger partial charge in [0.2, 0.25) is 0 Å². The van der Waals surface area contributed by atoms with Gasteiger partial charge < -0.3 is 10.2 Å². The Morgan fingerprint density at radius 3 is 2.71 bits per heavy atom. The number of nitrogens with zero attached hydrogens (tertiary/aromatic N) is 1. The van der Waals surface area contributed by atoms with Crippen molar-refractivity contribution in [2.24, 2.45) is 11.3 Å². The first kappa shape index (κ1) is 12.0. The highest BCUT2D eigenvalue weighted by atomic mass is 16.3. The Bertz CT molecular complexity index is 522. The van der Waals surface area contributed by atoms with Crippen molar-refractivity contribution in [3.8, 4) is 0 Å². The Hall–Kier alpha value is -1.51. The number of fused-ring (bicyclic) bond motifs is 1. The zero-order chi connectivity index (χ0) is 12.6. The molecule has 0 spiro atoms. The minimum atomic E-state index is 0.264. The number of oxazole rings is 1. The number of nitrogens with two attached hydrogens (primary N) is 1. The topological polar surface area (TPSA) is 52.0 Å². The molecule has 2 N–H and O–H groups in total. The summed E-state index contributed by atoms with van der Waals surface area (Å²) in [5.74, 6) is 1.32. The van der Waals surface area contributed by atoms with Crippen molar-refractivity contribution in [3.63, 3.8) is 0 Å². The fourth-order valence-electron chi connectivity index (χ4n) is 1.64. The molecule has 0 aliphatic heterocycles. The number of anilines is 1. The molecule has 1 atom stereocenters. The summed E-state index contributed by atoms with van der Waals surface area (Å²) < 4.78 is 5.72. The molecule has 2 aromatic rings. The van der Waals surface area contributed by atoms with Gasteiger partial charge in [0, 0.05) is 18.2 Å². The highest BCUT2D eigenvalue weighted by Gasteiger charge is 2.22. The van der Waals surface area contributed by atoms with E-state index in [9.17, 15) is 0 Å². The molecule has 0 radical (unpaired) electrons. The standard InChI is InChI=1S/C14H20N2O/c1-9(14(2,3)4)7-13-16-11-6-5-10(15)8-12(11)17-13/h5-6,8-9H,7,15H2,1-4H3. The van der Waals surface area contributed by atoms with Crippen molar-refractivity contribution >= 4 is 16.8 Å². The molecule has 0 saturated heterocycles. The van der Waals surface area contributed by atoms with E-state index in [-0.39, 0.29) is 5.41 Å². The number of hydrogen-bond acceptors (Lipinski definition) is 3. The van der Waals surface area contributed by atoms with Gasteiger partial charge >= 0.3 is 0 Å². The van der Waals surface area contributed by atoms with E-state index in [1.807, 2.05) is 18.2 Å². The molecule has 92 valence electrons. The van der Waals surface area contributed by atoms with Crippen molar-refractivity contribution in [2.75, 3.05) is 5.73 Å². The lowest BCUT2D eigenvalue weighted by atomic mass is 9.80. The van der Waals surface area contributed by atoms with Gasteiger partial charge in [-0.1, -0.05) is 27.7 Å². The maximum absolute atomic E-state index is 5.72. The van der Waals surface area contributed by atoms with Crippen LogP contribution in [0.3, 0.4) is 0 Å². The molecule has 3 heteroatoms. The van der Waals surface area contributed by atoms with Crippen LogP contribution in [0.15, 0.2) is 22.6 Å². The zero-order valence-electron chi connectivity index (χ0n) is 10.9. The molecule has 17 heavy (non-hydrogen) atoms. The molecule has 2 rings (SSSR count). The van der Waals surface area contributed by atoms with Crippen LogP contribution in [0.4, 0.5) is 5.69 Å². The van der Waals surface area contributed by atoms with Gasteiger partial charge in [0.05, 0.1) is 0 Å². The van der Waals surface area contributed by atoms with E-state index in [1.54, 1.807) is 0 Å². The largest absolute Gasteiger partial charge is 0.441 e. The quantitative estimate of drug-likeness (QED) is 0.804. The Morgan fingerprint density at radius 2 is 2.06 bits per heavy atom. The molecule has 1 aromatic heterocycles. The summed E-state index contributed by atoms with van der Waals surface area (Å²) in [5.41, 5.74) is 8.35. The second-order valence-electron chi connectivity index (χ2n) is 5.81. The molecule has 0 saturated carbocycles. The molecule has 0 fully saturated rings. The lowest BCUT2D eigenvalue weighted by Gasteiger charge is -2.25. The second kappa shape index (κ2) is 4.06. The van der Waals surface area contributed by atoms with Crippen LogP contribution in [-0.4, -0.2) is 4.98 Å². The van der Waals surface area contributed by atoms with Gasteiger partial charge in [0.1, 0.15) is 5.52 Å². The monoisotopic (exact) mass is 232 g/mol. The predicted molar refractivity (Wildman–Crippen MR) is 70.7 cm³/mol. The lowest BCUT2D eigenvalue weighted by molar-refractivity contribution is 0.246. The van der Waals surface area contributed by atoms with Gasteiger partial charge in [0.25, 0.3) is 0 Å². The normalized spacial score (nSPS) is 14.1. The SMILES string of the molecule is CC(Cc1nc2ccc(N)cc2o1)C(C)(C)C. The van der Waals surface area contributed by atoms with Crippen LogP contribution < -0.4 is 5.73 Å². The summed E-state index contributed by atoms with van der Waals surface area (Å²) in [7, 11) is 0. The lowest BCUT2D eigenvalue weighted by Crippen LogP contribution is -2.19. The Kier molecular flexibility index (Phi) is 2.86. The van der Waals surface area contributed by atoms with E-state index in [0.717, 1.165) is 23.4 Å². The van der Waals surface area contributed by atoms with E-state index >= 15 is 0 Å². The third kappa shape index (κ3) is 2.60. The van der Waals surface area contributed by atoms with Crippen LogP contribution in [0.2, 0.25) is 0 Å². The molecular formula is C14H20N2O. The van der Waals surface area contributed by atoms with E-state index in [0.29, 0.717) is 11.6 Å². The highest BCUT2D eigenvalue weighted by Crippen LogP contribution is 2.29.